The number of amides is 1. The van der Waals surface area contributed by atoms with Crippen molar-refractivity contribution in [1.82, 2.24) is 4.90 Å². The number of hydrogen-bond donors (Lipinski definition) is 1. The van der Waals surface area contributed by atoms with Gasteiger partial charge in [0.05, 0.1) is 12.4 Å². The van der Waals surface area contributed by atoms with Gasteiger partial charge >= 0.3 is 11.7 Å². The lowest BCUT2D eigenvalue weighted by Crippen LogP contribution is -2.52. The first kappa shape index (κ1) is 24.3. The molecule has 1 amide bonds. The van der Waals surface area contributed by atoms with E-state index in [-0.39, 0.29) is 23.2 Å². The Balaban J connectivity index is 1.14. The van der Waals surface area contributed by atoms with Crippen molar-refractivity contribution in [2.24, 2.45) is 28.6 Å². The van der Waals surface area contributed by atoms with E-state index in [4.69, 9.17) is 9.15 Å². The summed E-state index contributed by atoms with van der Waals surface area (Å²) in [6.07, 6.45) is 14.1. The Morgan fingerprint density at radius 3 is 2.78 bits per heavy atom. The SMILES string of the molecule is CC12CCC3C(CCC4CC(OC(=O)N5CCC[C@H](O)C5)CCC43C)C1=CCC2c1ccc(=O)oc1. The first-order valence-electron chi connectivity index (χ1n) is 14.2. The number of nitrogens with zero attached hydrogens (tertiary/aromatic N) is 1. The van der Waals surface area contributed by atoms with Crippen LogP contribution in [0.3, 0.4) is 0 Å². The third kappa shape index (κ3) is 3.95. The molecule has 3 saturated carbocycles. The molecule has 0 radical (unpaired) electrons. The maximum atomic E-state index is 12.8. The predicted octanol–water partition coefficient (Wildman–Crippen LogP) is 5.65. The number of carbonyl (C=O) groups is 1. The van der Waals surface area contributed by atoms with E-state index in [2.05, 4.69) is 19.9 Å². The molecule has 4 aliphatic carbocycles. The van der Waals surface area contributed by atoms with Gasteiger partial charge in [0.15, 0.2) is 0 Å². The van der Waals surface area contributed by atoms with Gasteiger partial charge in [0.25, 0.3) is 0 Å². The molecule has 8 atom stereocenters. The molecule has 1 N–H and O–H groups in total. The van der Waals surface area contributed by atoms with E-state index in [0.717, 1.165) is 44.1 Å². The summed E-state index contributed by atoms with van der Waals surface area (Å²) in [5.74, 6) is 2.33. The van der Waals surface area contributed by atoms with E-state index in [1.54, 1.807) is 22.8 Å². The molecule has 1 saturated heterocycles. The fraction of sp³-hybridized carbons (Fsp3) is 0.733. The van der Waals surface area contributed by atoms with Gasteiger partial charge < -0.3 is 19.2 Å². The summed E-state index contributed by atoms with van der Waals surface area (Å²) in [4.78, 5) is 26.0. The molecule has 1 aromatic rings. The number of piperidine rings is 1. The number of aliphatic hydroxyl groups is 1. The van der Waals surface area contributed by atoms with E-state index >= 15 is 0 Å². The van der Waals surface area contributed by atoms with Crippen molar-refractivity contribution >= 4 is 6.09 Å². The van der Waals surface area contributed by atoms with Crippen LogP contribution in [0.15, 0.2) is 39.3 Å². The third-order valence-electron chi connectivity index (χ3n) is 11.1. The molecule has 1 aliphatic heterocycles. The molecule has 7 unspecified atom stereocenters. The van der Waals surface area contributed by atoms with Gasteiger partial charge in [0.2, 0.25) is 0 Å². The van der Waals surface area contributed by atoms with Crippen LogP contribution in [0, 0.1) is 28.6 Å². The molecule has 0 spiro atoms. The number of hydrogen-bond acceptors (Lipinski definition) is 5. The molecule has 6 rings (SSSR count). The zero-order valence-corrected chi connectivity index (χ0v) is 21.8. The minimum Gasteiger partial charge on any atom is -0.446 e. The average molecular weight is 496 g/mol. The first-order chi connectivity index (χ1) is 17.3. The Morgan fingerprint density at radius 2 is 2.00 bits per heavy atom. The van der Waals surface area contributed by atoms with Crippen molar-refractivity contribution in [3.05, 3.63) is 46.0 Å². The number of likely N-dealkylation sites (tertiary alicyclic amines) is 1. The van der Waals surface area contributed by atoms with Gasteiger partial charge in [-0.15, -0.1) is 0 Å². The predicted molar refractivity (Wildman–Crippen MR) is 137 cm³/mol. The average Bonchev–Trinajstić information content (AvgIpc) is 3.22. The molecule has 0 bridgehead atoms. The number of allylic oxidation sites excluding steroid dienone is 2. The second kappa shape index (κ2) is 9.04. The van der Waals surface area contributed by atoms with E-state index < -0.39 is 6.10 Å². The lowest BCUT2D eigenvalue weighted by Gasteiger charge is -2.59. The van der Waals surface area contributed by atoms with Gasteiger partial charge in [-0.3, -0.25) is 0 Å². The Bertz CT molecular complexity index is 1070. The summed E-state index contributed by atoms with van der Waals surface area (Å²) in [6.45, 7) is 6.06. The zero-order chi connectivity index (χ0) is 25.1. The van der Waals surface area contributed by atoms with Crippen LogP contribution in [-0.4, -0.2) is 41.4 Å². The summed E-state index contributed by atoms with van der Waals surface area (Å²) >= 11 is 0. The summed E-state index contributed by atoms with van der Waals surface area (Å²) in [5.41, 5.74) is 2.99. The molecular weight excluding hydrogens is 454 g/mol. The maximum absolute atomic E-state index is 12.8. The second-order valence-electron chi connectivity index (χ2n) is 12.8. The van der Waals surface area contributed by atoms with E-state index in [0.29, 0.717) is 42.2 Å². The molecule has 6 heteroatoms. The molecule has 0 aromatic carbocycles. The Hall–Kier alpha value is -2.08. The van der Waals surface area contributed by atoms with E-state index in [1.807, 2.05) is 6.07 Å². The standard InChI is InChI=1S/C30H41NO5/c1-29-13-11-22(36-28(34)31-15-3-4-21(32)17-31)16-20(29)6-7-23-25-9-8-24(19-5-10-27(33)35-18-19)30(25,2)14-12-26(23)29/h5,9-10,18,20-24,26,32H,3-4,6-8,11-17H2,1-2H3/t20?,21-,22?,23?,24?,26?,29?,30?/m0/s1. The van der Waals surface area contributed by atoms with Crippen LogP contribution in [0.4, 0.5) is 4.79 Å². The fourth-order valence-electron chi connectivity index (χ4n) is 9.06. The number of β-amino-alcohol motifs (C(OH)–C–C–N with tert-alkyl or cyclic N) is 1. The first-order valence-corrected chi connectivity index (χ1v) is 14.2. The normalized spacial score (nSPS) is 42.1. The van der Waals surface area contributed by atoms with Crippen LogP contribution in [0.2, 0.25) is 0 Å². The van der Waals surface area contributed by atoms with Crippen LogP contribution in [0.25, 0.3) is 0 Å². The van der Waals surface area contributed by atoms with Crippen LogP contribution in [0.1, 0.15) is 89.5 Å². The molecule has 1 aromatic heterocycles. The Labute approximate surface area is 214 Å². The Kier molecular flexibility index (Phi) is 6.09. The highest BCUT2D eigenvalue weighted by Crippen LogP contribution is 2.67. The number of rotatable bonds is 2. The highest BCUT2D eigenvalue weighted by atomic mass is 16.6. The molecule has 196 valence electrons. The van der Waals surface area contributed by atoms with Crippen molar-refractivity contribution in [2.45, 2.75) is 96.2 Å². The number of fused-ring (bicyclic) bond motifs is 5. The van der Waals surface area contributed by atoms with Crippen LogP contribution >= 0.6 is 0 Å². The molecular formula is C30H41NO5. The van der Waals surface area contributed by atoms with Crippen molar-refractivity contribution in [1.29, 1.82) is 0 Å². The highest BCUT2D eigenvalue weighted by molar-refractivity contribution is 5.68. The lowest BCUT2D eigenvalue weighted by molar-refractivity contribution is -0.0883. The topological polar surface area (TPSA) is 80.0 Å². The summed E-state index contributed by atoms with van der Waals surface area (Å²) in [7, 11) is 0. The van der Waals surface area contributed by atoms with Gasteiger partial charge in [-0.05, 0) is 110 Å². The van der Waals surface area contributed by atoms with Crippen molar-refractivity contribution in [2.75, 3.05) is 13.1 Å². The number of carbonyl (C=O) groups excluding carboxylic acids is 1. The van der Waals surface area contributed by atoms with Gasteiger partial charge in [-0.25, -0.2) is 9.59 Å². The molecule has 4 fully saturated rings. The maximum Gasteiger partial charge on any atom is 0.410 e. The molecule has 2 heterocycles. The van der Waals surface area contributed by atoms with Gasteiger partial charge in [-0.1, -0.05) is 25.5 Å². The van der Waals surface area contributed by atoms with Crippen molar-refractivity contribution in [3.8, 4) is 0 Å². The summed E-state index contributed by atoms with van der Waals surface area (Å²) in [5, 5.41) is 9.94. The fourth-order valence-corrected chi connectivity index (χ4v) is 9.06. The zero-order valence-electron chi connectivity index (χ0n) is 21.8. The smallest absolute Gasteiger partial charge is 0.410 e. The molecule has 36 heavy (non-hydrogen) atoms. The van der Waals surface area contributed by atoms with Gasteiger partial charge in [0.1, 0.15) is 6.10 Å². The third-order valence-corrected chi connectivity index (χ3v) is 11.1. The largest absolute Gasteiger partial charge is 0.446 e. The minimum absolute atomic E-state index is 0.00265. The number of aliphatic hydroxyl groups excluding tert-OH is 1. The number of ether oxygens (including phenoxy) is 1. The van der Waals surface area contributed by atoms with Crippen LogP contribution in [0.5, 0.6) is 0 Å². The monoisotopic (exact) mass is 495 g/mol. The summed E-state index contributed by atoms with van der Waals surface area (Å²) in [6, 6.07) is 3.53. The quantitative estimate of drug-likeness (QED) is 0.537. The Morgan fingerprint density at radius 1 is 1.14 bits per heavy atom. The lowest BCUT2D eigenvalue weighted by atomic mass is 9.46. The van der Waals surface area contributed by atoms with Crippen LogP contribution in [-0.2, 0) is 4.74 Å². The second-order valence-corrected chi connectivity index (χ2v) is 12.8. The van der Waals surface area contributed by atoms with Crippen molar-refractivity contribution < 1.29 is 19.1 Å². The minimum atomic E-state index is -0.418. The van der Waals surface area contributed by atoms with Crippen molar-refractivity contribution in [3.63, 3.8) is 0 Å². The molecule has 5 aliphatic rings. The van der Waals surface area contributed by atoms with E-state index in [1.165, 1.54) is 25.7 Å². The van der Waals surface area contributed by atoms with Gasteiger partial charge in [0, 0.05) is 19.2 Å². The summed E-state index contributed by atoms with van der Waals surface area (Å²) < 4.78 is 11.2. The van der Waals surface area contributed by atoms with E-state index in [9.17, 15) is 14.7 Å². The molecule has 6 nitrogen and oxygen atoms in total. The van der Waals surface area contributed by atoms with Gasteiger partial charge in [-0.2, -0.15) is 0 Å². The highest BCUT2D eigenvalue weighted by Gasteiger charge is 2.58. The van der Waals surface area contributed by atoms with Crippen LogP contribution < -0.4 is 5.63 Å².